The third-order valence-electron chi connectivity index (χ3n) is 8.08. The zero-order valence-corrected chi connectivity index (χ0v) is 27.5. The van der Waals surface area contributed by atoms with Crippen LogP contribution in [0.3, 0.4) is 0 Å². The molecule has 5 unspecified atom stereocenters. The Morgan fingerprint density at radius 2 is 1.28 bits per heavy atom. The maximum atomic E-state index is 12.9. The van der Waals surface area contributed by atoms with Gasteiger partial charge in [-0.1, -0.05) is 24.3 Å². The number of aromatic hydroxyl groups is 4. The van der Waals surface area contributed by atoms with E-state index < -0.39 is 60.4 Å². The van der Waals surface area contributed by atoms with Crippen molar-refractivity contribution in [2.45, 2.75) is 30.7 Å². The Hall–Kier alpha value is -6.61. The van der Waals surface area contributed by atoms with Gasteiger partial charge in [-0.25, -0.2) is 9.59 Å². The molecule has 2 heterocycles. The number of phenolic OH excluding ortho intramolecular Hbond substituents is 4. The SMILES string of the molecule is O=C(/C=C/c1ccc(O)cc1)OCC1OC(Oc2cc(O)c3c(=O)cc(-c4ccc(O)cc4)oc3c2)C(O)C(OC(=O)/C=C/c2ccc(O)cc2)C1O. The molecule has 14 heteroatoms. The fraction of sp³-hybridized carbons (Fsp3) is 0.154. The fourth-order valence-corrected chi connectivity index (χ4v) is 5.38. The highest BCUT2D eigenvalue weighted by atomic mass is 16.7. The van der Waals surface area contributed by atoms with Gasteiger partial charge in [0.25, 0.3) is 0 Å². The van der Waals surface area contributed by atoms with Gasteiger partial charge in [-0.2, -0.15) is 0 Å². The molecule has 0 aliphatic carbocycles. The van der Waals surface area contributed by atoms with Crippen LogP contribution in [0.2, 0.25) is 0 Å². The number of hydrogen-bond acceptors (Lipinski definition) is 14. The van der Waals surface area contributed by atoms with Gasteiger partial charge in [-0.05, 0) is 71.8 Å². The van der Waals surface area contributed by atoms with Crippen molar-refractivity contribution in [2.75, 3.05) is 6.61 Å². The summed E-state index contributed by atoms with van der Waals surface area (Å²) in [6.07, 6.45) is -3.42. The Morgan fingerprint density at radius 3 is 1.89 bits per heavy atom. The Labute approximate surface area is 300 Å². The van der Waals surface area contributed by atoms with Gasteiger partial charge in [-0.3, -0.25) is 4.79 Å². The van der Waals surface area contributed by atoms with Crippen LogP contribution < -0.4 is 10.2 Å². The normalized spacial score (nSPS) is 20.1. The van der Waals surface area contributed by atoms with Crippen LogP contribution in [0.5, 0.6) is 28.7 Å². The van der Waals surface area contributed by atoms with Crippen LogP contribution in [0.1, 0.15) is 11.1 Å². The number of phenols is 4. The van der Waals surface area contributed by atoms with E-state index in [2.05, 4.69) is 0 Å². The molecule has 14 nitrogen and oxygen atoms in total. The highest BCUT2D eigenvalue weighted by Gasteiger charge is 2.48. The Balaban J connectivity index is 1.24. The third-order valence-corrected chi connectivity index (χ3v) is 8.08. The second-order valence-electron chi connectivity index (χ2n) is 11.9. The van der Waals surface area contributed by atoms with Gasteiger partial charge in [0, 0.05) is 35.9 Å². The van der Waals surface area contributed by atoms with Crippen molar-refractivity contribution in [3.63, 3.8) is 0 Å². The molecule has 1 aromatic heterocycles. The lowest BCUT2D eigenvalue weighted by Gasteiger charge is -2.41. The lowest BCUT2D eigenvalue weighted by Crippen LogP contribution is -2.61. The highest BCUT2D eigenvalue weighted by Crippen LogP contribution is 2.34. The average Bonchev–Trinajstić information content (AvgIpc) is 3.13. The summed E-state index contributed by atoms with van der Waals surface area (Å²) >= 11 is 0. The van der Waals surface area contributed by atoms with Crippen LogP contribution in [0, 0.1) is 0 Å². The first kappa shape index (κ1) is 36.2. The lowest BCUT2D eigenvalue weighted by molar-refractivity contribution is -0.281. The van der Waals surface area contributed by atoms with Gasteiger partial charge in [0.05, 0.1) is 0 Å². The topological polar surface area (TPSA) is 223 Å². The first-order chi connectivity index (χ1) is 25.4. The minimum atomic E-state index is -1.84. The number of carbonyl (C=O) groups excluding carboxylic acids is 2. The van der Waals surface area contributed by atoms with E-state index in [9.17, 15) is 45.0 Å². The van der Waals surface area contributed by atoms with Crippen molar-refractivity contribution in [2.24, 2.45) is 0 Å². The van der Waals surface area contributed by atoms with Crippen LogP contribution in [0.4, 0.5) is 0 Å². The number of hydrogen-bond donors (Lipinski definition) is 6. The summed E-state index contributed by atoms with van der Waals surface area (Å²) in [5.41, 5.74) is 0.892. The maximum absolute atomic E-state index is 12.9. The molecule has 1 saturated heterocycles. The number of ether oxygens (including phenoxy) is 4. The molecule has 0 saturated carbocycles. The van der Waals surface area contributed by atoms with Crippen molar-refractivity contribution in [3.8, 4) is 40.1 Å². The number of fused-ring (bicyclic) bond motifs is 1. The molecule has 5 atom stereocenters. The standard InChI is InChI=1S/C39H32O14/c40-24-9-1-21(2-10-24)5-15-33(45)49-20-32-36(47)38(53-34(46)16-6-22-3-11-25(41)12-4-22)37(48)39(52-32)50-27-17-28(43)35-29(44)19-30(51-31(35)18-27)23-7-13-26(42)14-8-23/h1-19,32,36-43,47-48H,20H2/b15-5+,16-6+. The number of carbonyl (C=O) groups is 2. The maximum Gasteiger partial charge on any atom is 0.331 e. The van der Waals surface area contributed by atoms with Crippen LogP contribution in [-0.4, -0.2) is 79.9 Å². The molecule has 1 aliphatic rings. The van der Waals surface area contributed by atoms with Crippen molar-refractivity contribution in [3.05, 3.63) is 124 Å². The number of aliphatic hydroxyl groups is 2. The summed E-state index contributed by atoms with van der Waals surface area (Å²) in [6, 6.07) is 21.2. The smallest absolute Gasteiger partial charge is 0.331 e. The Morgan fingerprint density at radius 1 is 0.717 bits per heavy atom. The summed E-state index contributed by atoms with van der Waals surface area (Å²) in [5, 5.41) is 61.6. The zero-order valence-electron chi connectivity index (χ0n) is 27.5. The zero-order chi connectivity index (χ0) is 37.6. The summed E-state index contributed by atoms with van der Waals surface area (Å²) in [4.78, 5) is 38.3. The molecule has 6 N–H and O–H groups in total. The van der Waals surface area contributed by atoms with E-state index in [0.717, 1.165) is 18.2 Å². The van der Waals surface area contributed by atoms with Gasteiger partial charge in [0.2, 0.25) is 6.29 Å². The average molecular weight is 725 g/mol. The van der Waals surface area contributed by atoms with Crippen LogP contribution in [-0.2, 0) is 23.8 Å². The lowest BCUT2D eigenvalue weighted by atomic mass is 9.99. The van der Waals surface area contributed by atoms with E-state index in [1.54, 1.807) is 12.1 Å². The largest absolute Gasteiger partial charge is 0.508 e. The number of aliphatic hydroxyl groups excluding tert-OH is 2. The molecule has 0 bridgehead atoms. The number of benzene rings is 4. The van der Waals surface area contributed by atoms with E-state index in [1.807, 2.05) is 0 Å². The van der Waals surface area contributed by atoms with Crippen LogP contribution in [0.25, 0.3) is 34.4 Å². The number of esters is 2. The molecular weight excluding hydrogens is 692 g/mol. The Bertz CT molecular complexity index is 2210. The molecule has 272 valence electrons. The van der Waals surface area contributed by atoms with Crippen LogP contribution in [0.15, 0.2) is 112 Å². The predicted molar refractivity (Wildman–Crippen MR) is 188 cm³/mol. The number of rotatable bonds is 10. The van der Waals surface area contributed by atoms with Gasteiger partial charge >= 0.3 is 11.9 Å². The molecule has 53 heavy (non-hydrogen) atoms. The molecule has 0 radical (unpaired) electrons. The summed E-state index contributed by atoms with van der Waals surface area (Å²) in [7, 11) is 0. The van der Waals surface area contributed by atoms with Crippen molar-refractivity contribution >= 4 is 35.1 Å². The second-order valence-corrected chi connectivity index (χ2v) is 11.9. The van der Waals surface area contributed by atoms with Crippen molar-refractivity contribution in [1.29, 1.82) is 0 Å². The molecule has 4 aromatic carbocycles. The van der Waals surface area contributed by atoms with Crippen LogP contribution >= 0.6 is 0 Å². The van der Waals surface area contributed by atoms with E-state index in [1.165, 1.54) is 84.9 Å². The van der Waals surface area contributed by atoms with E-state index >= 15 is 0 Å². The molecule has 0 amide bonds. The molecule has 0 spiro atoms. The van der Waals surface area contributed by atoms with Crippen molar-refractivity contribution < 1.29 is 63.6 Å². The van der Waals surface area contributed by atoms with Gasteiger partial charge in [-0.15, -0.1) is 0 Å². The second kappa shape index (κ2) is 15.7. The predicted octanol–water partition coefficient (Wildman–Crippen LogP) is 3.99. The molecule has 1 fully saturated rings. The monoisotopic (exact) mass is 724 g/mol. The van der Waals surface area contributed by atoms with Gasteiger partial charge in [0.15, 0.2) is 17.6 Å². The quantitative estimate of drug-likeness (QED) is 0.0886. The van der Waals surface area contributed by atoms with Gasteiger partial charge in [0.1, 0.15) is 64.3 Å². The molecular formula is C39H32O14. The summed E-state index contributed by atoms with van der Waals surface area (Å²) in [6.45, 7) is -0.586. The third kappa shape index (κ3) is 8.83. The summed E-state index contributed by atoms with van der Waals surface area (Å²) < 4.78 is 28.2. The fourth-order valence-electron chi connectivity index (χ4n) is 5.38. The first-order valence-corrected chi connectivity index (χ1v) is 16.0. The van der Waals surface area contributed by atoms with Crippen molar-refractivity contribution in [1.82, 2.24) is 0 Å². The van der Waals surface area contributed by atoms with Gasteiger partial charge < -0.3 is 54.0 Å². The minimum Gasteiger partial charge on any atom is -0.508 e. The molecule has 1 aliphatic heterocycles. The first-order valence-electron chi connectivity index (χ1n) is 16.0. The highest BCUT2D eigenvalue weighted by molar-refractivity contribution is 5.88. The molecule has 5 aromatic rings. The van der Waals surface area contributed by atoms with E-state index in [-0.39, 0.29) is 39.7 Å². The van der Waals surface area contributed by atoms with E-state index in [0.29, 0.717) is 16.7 Å². The summed E-state index contributed by atoms with van der Waals surface area (Å²) in [5.74, 6) is -2.31. The van der Waals surface area contributed by atoms with E-state index in [4.69, 9.17) is 23.4 Å². The minimum absolute atomic E-state index is 0.00246. The molecule has 6 rings (SSSR count). The Kier molecular flexibility index (Phi) is 10.7.